The second-order valence-electron chi connectivity index (χ2n) is 6.25. The number of alkyl carbamates (subject to hydrolysis) is 1. The van der Waals surface area contributed by atoms with Crippen molar-refractivity contribution in [2.24, 2.45) is 0 Å². The Morgan fingerprint density at radius 3 is 2.71 bits per heavy atom. The highest BCUT2D eigenvalue weighted by atomic mass is 19.2. The molecular formula is C16H20F2N4O2. The van der Waals surface area contributed by atoms with Gasteiger partial charge >= 0.3 is 6.09 Å². The number of carbonyl (C=O) groups excluding carboxylic acids is 1. The molecule has 0 atom stereocenters. The normalized spacial score (nSPS) is 11.4. The molecule has 0 aliphatic carbocycles. The lowest BCUT2D eigenvalue weighted by atomic mass is 10.1. The fourth-order valence-corrected chi connectivity index (χ4v) is 2.00. The van der Waals surface area contributed by atoms with Crippen molar-refractivity contribution in [3.05, 3.63) is 36.2 Å². The van der Waals surface area contributed by atoms with Crippen molar-refractivity contribution in [3.63, 3.8) is 0 Å². The molecule has 2 aromatic rings. The Morgan fingerprint density at radius 2 is 2.04 bits per heavy atom. The maximum absolute atomic E-state index is 13.9. The summed E-state index contributed by atoms with van der Waals surface area (Å²) in [5.41, 5.74) is 5.00. The molecule has 1 aromatic carbocycles. The smallest absolute Gasteiger partial charge is 0.407 e. The van der Waals surface area contributed by atoms with Gasteiger partial charge in [0.25, 0.3) is 0 Å². The van der Waals surface area contributed by atoms with Crippen LogP contribution in [0.5, 0.6) is 0 Å². The average Bonchev–Trinajstić information content (AvgIpc) is 2.91. The second-order valence-corrected chi connectivity index (χ2v) is 6.25. The van der Waals surface area contributed by atoms with Crippen LogP contribution in [0.2, 0.25) is 0 Å². The summed E-state index contributed by atoms with van der Waals surface area (Å²) in [6.45, 7) is 5.96. The lowest BCUT2D eigenvalue weighted by molar-refractivity contribution is 0.0525. The maximum Gasteiger partial charge on any atom is 0.407 e. The molecule has 0 spiro atoms. The Balaban J connectivity index is 1.97. The molecule has 0 aliphatic heterocycles. The number of nitrogens with two attached hydrogens (primary N) is 1. The molecule has 0 bridgehead atoms. The van der Waals surface area contributed by atoms with Gasteiger partial charge in [-0.2, -0.15) is 5.10 Å². The van der Waals surface area contributed by atoms with Crippen LogP contribution in [0.3, 0.4) is 0 Å². The molecule has 0 aliphatic rings. The maximum atomic E-state index is 13.9. The zero-order chi connectivity index (χ0) is 17.9. The van der Waals surface area contributed by atoms with Gasteiger partial charge in [0.2, 0.25) is 0 Å². The minimum absolute atomic E-state index is 0.0769. The van der Waals surface area contributed by atoms with E-state index in [1.807, 2.05) is 0 Å². The first kappa shape index (κ1) is 17.7. The van der Waals surface area contributed by atoms with Gasteiger partial charge in [0, 0.05) is 23.9 Å². The predicted octanol–water partition coefficient (Wildman–Crippen LogP) is 2.94. The molecule has 1 amide bonds. The van der Waals surface area contributed by atoms with Crippen LogP contribution in [-0.4, -0.2) is 28.0 Å². The summed E-state index contributed by atoms with van der Waals surface area (Å²) in [5, 5.41) is 6.65. The summed E-state index contributed by atoms with van der Waals surface area (Å²) in [6, 6.07) is 2.70. The van der Waals surface area contributed by atoms with Gasteiger partial charge in [-0.25, -0.2) is 13.6 Å². The van der Waals surface area contributed by atoms with Crippen LogP contribution in [0.1, 0.15) is 20.8 Å². The molecule has 6 nitrogen and oxygen atoms in total. The predicted molar refractivity (Wildman–Crippen MR) is 86.2 cm³/mol. The van der Waals surface area contributed by atoms with Gasteiger partial charge in [-0.3, -0.25) is 4.68 Å². The lowest BCUT2D eigenvalue weighted by Gasteiger charge is -2.19. The van der Waals surface area contributed by atoms with Crippen molar-refractivity contribution >= 4 is 11.8 Å². The van der Waals surface area contributed by atoms with Gasteiger partial charge in [-0.1, -0.05) is 0 Å². The number of hydrogen-bond donors (Lipinski definition) is 2. The van der Waals surface area contributed by atoms with E-state index in [-0.39, 0.29) is 17.8 Å². The van der Waals surface area contributed by atoms with Crippen LogP contribution >= 0.6 is 0 Å². The van der Waals surface area contributed by atoms with E-state index >= 15 is 0 Å². The molecule has 0 saturated heterocycles. The third kappa shape index (κ3) is 4.43. The highest BCUT2D eigenvalue weighted by molar-refractivity contribution is 5.67. The van der Waals surface area contributed by atoms with Crippen molar-refractivity contribution in [2.75, 3.05) is 12.3 Å². The molecule has 0 unspecified atom stereocenters. The number of amides is 1. The molecule has 1 heterocycles. The summed E-state index contributed by atoms with van der Waals surface area (Å²) in [5.74, 6) is -2.09. The molecule has 0 fully saturated rings. The van der Waals surface area contributed by atoms with Crippen molar-refractivity contribution < 1.29 is 18.3 Å². The second kappa shape index (κ2) is 6.86. The quantitative estimate of drug-likeness (QED) is 0.840. The van der Waals surface area contributed by atoms with Crippen molar-refractivity contribution in [1.29, 1.82) is 0 Å². The summed E-state index contributed by atoms with van der Waals surface area (Å²) in [4.78, 5) is 11.5. The Kier molecular flexibility index (Phi) is 5.06. The van der Waals surface area contributed by atoms with Gasteiger partial charge in [0.1, 0.15) is 5.60 Å². The molecule has 8 heteroatoms. The van der Waals surface area contributed by atoms with E-state index < -0.39 is 23.3 Å². The monoisotopic (exact) mass is 338 g/mol. The van der Waals surface area contributed by atoms with Crippen molar-refractivity contribution in [1.82, 2.24) is 15.1 Å². The van der Waals surface area contributed by atoms with Gasteiger partial charge in [0.05, 0.1) is 18.4 Å². The van der Waals surface area contributed by atoms with Crippen LogP contribution in [0.15, 0.2) is 24.5 Å². The summed E-state index contributed by atoms with van der Waals surface area (Å²) < 4.78 is 34.1. The SMILES string of the molecule is CC(C)(C)OC(=O)NCCn1cc(-c2ccc(N)c(F)c2F)cn1. The first-order chi connectivity index (χ1) is 11.2. The number of nitrogens with zero attached hydrogens (tertiary/aromatic N) is 2. The number of halogens is 2. The Labute approximate surface area is 138 Å². The number of hydrogen-bond acceptors (Lipinski definition) is 4. The Morgan fingerprint density at radius 1 is 1.33 bits per heavy atom. The minimum atomic E-state index is -1.08. The van der Waals surface area contributed by atoms with Crippen LogP contribution < -0.4 is 11.1 Å². The van der Waals surface area contributed by atoms with Crippen LogP contribution in [0.4, 0.5) is 19.3 Å². The Bertz CT molecular complexity index is 738. The highest BCUT2D eigenvalue weighted by Crippen LogP contribution is 2.26. The molecular weight excluding hydrogens is 318 g/mol. The van der Waals surface area contributed by atoms with Gasteiger partial charge in [-0.05, 0) is 32.9 Å². The van der Waals surface area contributed by atoms with E-state index in [0.29, 0.717) is 12.1 Å². The molecule has 130 valence electrons. The highest BCUT2D eigenvalue weighted by Gasteiger charge is 2.16. The first-order valence-corrected chi connectivity index (χ1v) is 7.40. The number of aromatic nitrogens is 2. The molecule has 0 radical (unpaired) electrons. The number of rotatable bonds is 4. The van der Waals surface area contributed by atoms with Crippen LogP contribution in [0.25, 0.3) is 11.1 Å². The third-order valence-corrected chi connectivity index (χ3v) is 3.07. The minimum Gasteiger partial charge on any atom is -0.444 e. The number of benzene rings is 1. The van der Waals surface area contributed by atoms with Gasteiger partial charge in [0.15, 0.2) is 11.6 Å². The van der Waals surface area contributed by atoms with Crippen LogP contribution in [-0.2, 0) is 11.3 Å². The third-order valence-electron chi connectivity index (χ3n) is 3.07. The zero-order valence-corrected chi connectivity index (χ0v) is 13.8. The molecule has 2 rings (SSSR count). The first-order valence-electron chi connectivity index (χ1n) is 7.40. The molecule has 1 aromatic heterocycles. The fraction of sp³-hybridized carbons (Fsp3) is 0.375. The zero-order valence-electron chi connectivity index (χ0n) is 13.8. The topological polar surface area (TPSA) is 82.2 Å². The number of anilines is 1. The van der Waals surface area contributed by atoms with Crippen LogP contribution in [0, 0.1) is 11.6 Å². The summed E-state index contributed by atoms with van der Waals surface area (Å²) >= 11 is 0. The molecule has 3 N–H and O–H groups in total. The number of carbonyl (C=O) groups is 1. The van der Waals surface area contributed by atoms with Crippen molar-refractivity contribution in [2.45, 2.75) is 32.9 Å². The van der Waals surface area contributed by atoms with E-state index in [9.17, 15) is 13.6 Å². The number of nitrogens with one attached hydrogen (secondary N) is 1. The average molecular weight is 338 g/mol. The van der Waals surface area contributed by atoms with Gasteiger partial charge < -0.3 is 15.8 Å². The molecule has 24 heavy (non-hydrogen) atoms. The van der Waals surface area contributed by atoms with E-state index in [1.165, 1.54) is 23.0 Å². The molecule has 0 saturated carbocycles. The number of ether oxygens (including phenoxy) is 1. The van der Waals surface area contributed by atoms with E-state index in [4.69, 9.17) is 10.5 Å². The van der Waals surface area contributed by atoms with E-state index in [2.05, 4.69) is 10.4 Å². The van der Waals surface area contributed by atoms with E-state index in [1.54, 1.807) is 27.0 Å². The summed E-state index contributed by atoms with van der Waals surface area (Å²) in [7, 11) is 0. The number of nitrogen functional groups attached to an aromatic ring is 1. The van der Waals surface area contributed by atoms with E-state index in [0.717, 1.165) is 0 Å². The Hall–Kier alpha value is -2.64. The lowest BCUT2D eigenvalue weighted by Crippen LogP contribution is -2.34. The fourth-order valence-electron chi connectivity index (χ4n) is 2.00. The van der Waals surface area contributed by atoms with Gasteiger partial charge in [-0.15, -0.1) is 0 Å². The summed E-state index contributed by atoms with van der Waals surface area (Å²) in [6.07, 6.45) is 2.45. The standard InChI is InChI=1S/C16H20F2N4O2/c1-16(2,3)24-15(23)20-6-7-22-9-10(8-21-22)11-4-5-12(19)14(18)13(11)17/h4-5,8-9H,6-7,19H2,1-3H3,(H,20,23). The largest absolute Gasteiger partial charge is 0.444 e. The van der Waals surface area contributed by atoms with Crippen molar-refractivity contribution in [3.8, 4) is 11.1 Å².